The highest BCUT2D eigenvalue weighted by molar-refractivity contribution is 8.27. The lowest BCUT2D eigenvalue weighted by atomic mass is 10.1. The predicted molar refractivity (Wildman–Crippen MR) is 148 cm³/mol. The van der Waals surface area contributed by atoms with E-state index in [4.69, 9.17) is 17.0 Å². The van der Waals surface area contributed by atoms with Gasteiger partial charge in [0.1, 0.15) is 5.04 Å². The number of nitrogens with zero attached hydrogens (tertiary/aromatic N) is 4. The fraction of sp³-hybridized carbons (Fsp3) is 0.0714. The van der Waals surface area contributed by atoms with E-state index in [-0.39, 0.29) is 11.4 Å². The van der Waals surface area contributed by atoms with Gasteiger partial charge in [0.2, 0.25) is 5.17 Å². The monoisotopic (exact) mass is 509 g/mol. The highest BCUT2D eigenvalue weighted by atomic mass is 35.5. The van der Waals surface area contributed by atoms with Crippen LogP contribution in [0.4, 0.5) is 0 Å². The summed E-state index contributed by atoms with van der Waals surface area (Å²) in [5.74, 6) is -0.451. The second kappa shape index (κ2) is 8.93. The lowest BCUT2D eigenvalue weighted by Crippen LogP contribution is -2.35. The number of amidine groups is 2. The van der Waals surface area contributed by atoms with Gasteiger partial charge >= 0.3 is 0 Å². The number of nitrogens with one attached hydrogen (secondary N) is 1. The molecule has 0 unspecified atom stereocenters. The summed E-state index contributed by atoms with van der Waals surface area (Å²) in [6.07, 6.45) is 1.78. The Morgan fingerprint density at radius 3 is 2.53 bits per heavy atom. The quantitative estimate of drug-likeness (QED) is 0.327. The molecule has 4 aromatic rings. The molecule has 0 spiro atoms. The Morgan fingerprint density at radius 1 is 1.00 bits per heavy atom. The Labute approximate surface area is 217 Å². The number of halogens is 1. The van der Waals surface area contributed by atoms with E-state index in [0.717, 1.165) is 27.7 Å². The zero-order valence-electron chi connectivity index (χ0n) is 19.3. The van der Waals surface area contributed by atoms with Gasteiger partial charge in [0.05, 0.1) is 10.6 Å². The van der Waals surface area contributed by atoms with Crippen molar-refractivity contribution in [3.63, 3.8) is 0 Å². The summed E-state index contributed by atoms with van der Waals surface area (Å²) in [6.45, 7) is 2.75. The molecule has 8 heteroatoms. The lowest BCUT2D eigenvalue weighted by Gasteiger charge is -2.20. The van der Waals surface area contributed by atoms with Gasteiger partial charge in [-0.05, 0) is 42.5 Å². The molecule has 0 atom stereocenters. The van der Waals surface area contributed by atoms with Gasteiger partial charge in [-0.1, -0.05) is 78.3 Å². The molecule has 176 valence electrons. The largest absolute Gasteiger partial charge is 0.340 e. The minimum atomic E-state index is -0.450. The van der Waals surface area contributed by atoms with Crippen molar-refractivity contribution < 1.29 is 4.79 Å². The van der Waals surface area contributed by atoms with Crippen molar-refractivity contribution in [2.24, 2.45) is 10.1 Å². The summed E-state index contributed by atoms with van der Waals surface area (Å²) in [7, 11) is 0. The van der Waals surface area contributed by atoms with Gasteiger partial charge < -0.3 is 4.57 Å². The molecule has 3 heterocycles. The molecular formula is C28H20ClN5OS. The third-order valence-electron chi connectivity index (χ3n) is 6.31. The van der Waals surface area contributed by atoms with E-state index < -0.39 is 5.91 Å². The van der Waals surface area contributed by atoms with Crippen LogP contribution in [0.1, 0.15) is 22.4 Å². The van der Waals surface area contributed by atoms with Gasteiger partial charge in [0, 0.05) is 34.3 Å². The number of carbonyl (C=O) groups excluding carboxylic acids is 1. The summed E-state index contributed by atoms with van der Waals surface area (Å²) in [5.41, 5.74) is 5.11. The number of para-hydroxylation sites is 1. The maximum atomic E-state index is 13.1. The van der Waals surface area contributed by atoms with Gasteiger partial charge in [-0.25, -0.2) is 0 Å². The maximum Gasteiger partial charge on any atom is 0.283 e. The third kappa shape index (κ3) is 3.77. The third-order valence-corrected chi connectivity index (χ3v) is 7.58. The van der Waals surface area contributed by atoms with Crippen molar-refractivity contribution in [1.29, 1.82) is 5.41 Å². The number of aliphatic imine (C=N–C) groups is 1. The Bertz CT molecular complexity index is 1650. The SMILES string of the molecule is Cc1c(/C=C2/C(=N)N3N=C(c4ccccc4Cl)SC3=NC2=O)c2ccccc2n1Cc1ccccc1. The summed E-state index contributed by atoms with van der Waals surface area (Å²) >= 11 is 7.59. The van der Waals surface area contributed by atoms with Crippen LogP contribution < -0.4 is 0 Å². The van der Waals surface area contributed by atoms with Gasteiger partial charge in [-0.2, -0.15) is 15.1 Å². The average molecular weight is 510 g/mol. The van der Waals surface area contributed by atoms with E-state index in [0.29, 0.717) is 21.8 Å². The van der Waals surface area contributed by atoms with E-state index in [1.807, 2.05) is 61.5 Å². The van der Waals surface area contributed by atoms with Crippen LogP contribution in [0.5, 0.6) is 0 Å². The van der Waals surface area contributed by atoms with Crippen molar-refractivity contribution in [2.45, 2.75) is 13.5 Å². The summed E-state index contributed by atoms with van der Waals surface area (Å²) < 4.78 is 2.24. The molecule has 1 N–H and O–H groups in total. The molecule has 36 heavy (non-hydrogen) atoms. The molecule has 0 saturated carbocycles. The second-order valence-electron chi connectivity index (χ2n) is 8.49. The molecule has 2 aliphatic heterocycles. The van der Waals surface area contributed by atoms with Gasteiger partial charge in [0.15, 0.2) is 5.84 Å². The van der Waals surface area contributed by atoms with Gasteiger partial charge in [0.25, 0.3) is 5.91 Å². The van der Waals surface area contributed by atoms with Crippen molar-refractivity contribution in [3.05, 3.63) is 112 Å². The predicted octanol–water partition coefficient (Wildman–Crippen LogP) is 6.32. The molecule has 0 radical (unpaired) electrons. The van der Waals surface area contributed by atoms with Gasteiger partial charge in [-0.15, -0.1) is 0 Å². The van der Waals surface area contributed by atoms with E-state index in [2.05, 4.69) is 32.9 Å². The highest BCUT2D eigenvalue weighted by Crippen LogP contribution is 2.34. The summed E-state index contributed by atoms with van der Waals surface area (Å²) in [5, 5.41) is 17.3. The van der Waals surface area contributed by atoms with E-state index in [9.17, 15) is 4.79 Å². The summed E-state index contributed by atoms with van der Waals surface area (Å²) in [6, 6.07) is 25.8. The van der Waals surface area contributed by atoms with Crippen LogP contribution in [-0.2, 0) is 11.3 Å². The fourth-order valence-corrected chi connectivity index (χ4v) is 5.70. The molecule has 2 aliphatic rings. The van der Waals surface area contributed by atoms with Crippen molar-refractivity contribution in [1.82, 2.24) is 9.58 Å². The molecule has 1 aromatic heterocycles. The van der Waals surface area contributed by atoms with E-state index in [1.165, 1.54) is 22.3 Å². The minimum Gasteiger partial charge on any atom is -0.340 e. The molecule has 0 aliphatic carbocycles. The minimum absolute atomic E-state index is 0.00107. The topological polar surface area (TPSA) is 73.8 Å². The Balaban J connectivity index is 1.42. The fourth-order valence-electron chi connectivity index (χ4n) is 4.49. The second-order valence-corrected chi connectivity index (χ2v) is 9.86. The number of carbonyl (C=O) groups is 1. The average Bonchev–Trinajstić information content (AvgIpc) is 3.42. The standard InChI is InChI=1S/C28H20ClN5OS/c1-17-21(19-11-6-8-14-24(19)33(17)16-18-9-3-2-4-10-18)15-22-25(30)34-28(31-26(22)35)36-27(32-34)20-12-5-7-13-23(20)29/h2-15,30H,16H2,1H3/b22-15-,30-25?. The molecule has 0 bridgehead atoms. The molecule has 1 amide bonds. The zero-order valence-corrected chi connectivity index (χ0v) is 20.8. The number of rotatable bonds is 4. The molecular weight excluding hydrogens is 490 g/mol. The summed E-state index contributed by atoms with van der Waals surface area (Å²) in [4.78, 5) is 17.3. The van der Waals surface area contributed by atoms with Crippen LogP contribution in [0.2, 0.25) is 5.02 Å². The smallest absolute Gasteiger partial charge is 0.283 e. The Morgan fingerprint density at radius 2 is 1.72 bits per heavy atom. The van der Waals surface area contributed by atoms with Crippen molar-refractivity contribution >= 4 is 62.3 Å². The number of aromatic nitrogens is 1. The zero-order chi connectivity index (χ0) is 24.8. The van der Waals surface area contributed by atoms with Crippen LogP contribution in [-0.4, -0.2) is 31.5 Å². The normalized spacial score (nSPS) is 16.5. The van der Waals surface area contributed by atoms with Crippen LogP contribution in [0.25, 0.3) is 17.0 Å². The number of hydrogen-bond donors (Lipinski definition) is 1. The molecule has 0 fully saturated rings. The first-order chi connectivity index (χ1) is 17.5. The van der Waals surface area contributed by atoms with E-state index >= 15 is 0 Å². The number of hydrazone groups is 1. The molecule has 3 aromatic carbocycles. The van der Waals surface area contributed by atoms with Crippen molar-refractivity contribution in [3.8, 4) is 0 Å². The number of hydrogen-bond acceptors (Lipinski definition) is 4. The number of amides is 1. The molecule has 6 rings (SSSR count). The van der Waals surface area contributed by atoms with Crippen LogP contribution in [0.15, 0.2) is 94.5 Å². The first-order valence-corrected chi connectivity index (χ1v) is 12.6. The lowest BCUT2D eigenvalue weighted by molar-refractivity contribution is -0.114. The van der Waals surface area contributed by atoms with E-state index in [1.54, 1.807) is 12.1 Å². The van der Waals surface area contributed by atoms with Crippen LogP contribution in [0.3, 0.4) is 0 Å². The number of fused-ring (bicyclic) bond motifs is 2. The maximum absolute atomic E-state index is 13.1. The highest BCUT2D eigenvalue weighted by Gasteiger charge is 2.36. The molecule has 6 nitrogen and oxygen atoms in total. The first-order valence-electron chi connectivity index (χ1n) is 11.4. The number of benzene rings is 3. The Hall–Kier alpha value is -3.94. The first kappa shape index (κ1) is 22.5. The molecule has 0 saturated heterocycles. The van der Waals surface area contributed by atoms with Crippen LogP contribution in [0, 0.1) is 12.3 Å². The van der Waals surface area contributed by atoms with Gasteiger partial charge in [-0.3, -0.25) is 10.2 Å². The number of thioether (sulfide) groups is 1. The van der Waals surface area contributed by atoms with Crippen molar-refractivity contribution in [2.75, 3.05) is 0 Å². The van der Waals surface area contributed by atoms with Crippen LogP contribution >= 0.6 is 23.4 Å². The Kier molecular flexibility index (Phi) is 5.59.